The van der Waals surface area contributed by atoms with Crippen molar-refractivity contribution in [2.24, 2.45) is 4.99 Å². The second-order valence-corrected chi connectivity index (χ2v) is 7.70. The van der Waals surface area contributed by atoms with Gasteiger partial charge in [0.15, 0.2) is 0 Å². The van der Waals surface area contributed by atoms with E-state index < -0.39 is 0 Å². The Labute approximate surface area is 152 Å². The number of carbonyl (C=O) groups excluding carboxylic acids is 1. The van der Waals surface area contributed by atoms with Gasteiger partial charge in [-0.05, 0) is 72.6 Å². The predicted octanol–water partition coefficient (Wildman–Crippen LogP) is 4.31. The predicted molar refractivity (Wildman–Crippen MR) is 99.1 cm³/mol. The van der Waals surface area contributed by atoms with E-state index in [1.807, 2.05) is 36.5 Å². The number of carbonyl (C=O) groups is 1. The quantitative estimate of drug-likeness (QED) is 0.796. The first-order valence-electron chi connectivity index (χ1n) is 9.40. The molecule has 4 heteroatoms. The fourth-order valence-corrected chi connectivity index (χ4v) is 4.90. The number of amides is 1. The maximum atomic E-state index is 13.2. The van der Waals surface area contributed by atoms with E-state index in [0.29, 0.717) is 18.0 Å². The van der Waals surface area contributed by atoms with Crippen LogP contribution >= 0.6 is 0 Å². The molecular weight excluding hydrogens is 327 g/mol. The number of hydrogen-bond acceptors (Lipinski definition) is 2. The Balaban J connectivity index is 1.37. The van der Waals surface area contributed by atoms with E-state index in [9.17, 15) is 9.18 Å². The molecule has 0 radical (unpaired) electrons. The van der Waals surface area contributed by atoms with Crippen LogP contribution in [-0.2, 0) is 6.54 Å². The van der Waals surface area contributed by atoms with Gasteiger partial charge in [-0.3, -0.25) is 9.79 Å². The van der Waals surface area contributed by atoms with Crippen LogP contribution in [-0.4, -0.2) is 29.1 Å². The van der Waals surface area contributed by atoms with Crippen LogP contribution in [0.5, 0.6) is 0 Å². The summed E-state index contributed by atoms with van der Waals surface area (Å²) in [6.45, 7) is 0.720. The molecule has 0 saturated carbocycles. The van der Waals surface area contributed by atoms with Gasteiger partial charge in [-0.1, -0.05) is 18.2 Å². The normalized spacial score (nSPS) is 26.2. The zero-order valence-corrected chi connectivity index (χ0v) is 14.6. The van der Waals surface area contributed by atoms with E-state index in [1.165, 1.54) is 11.1 Å². The van der Waals surface area contributed by atoms with Crippen LogP contribution in [0.15, 0.2) is 47.5 Å². The zero-order valence-electron chi connectivity index (χ0n) is 14.6. The summed E-state index contributed by atoms with van der Waals surface area (Å²) in [5, 5.41) is 0. The molecular formula is C22H21FN2O. The van der Waals surface area contributed by atoms with E-state index >= 15 is 0 Å². The van der Waals surface area contributed by atoms with Crippen LogP contribution in [0.1, 0.15) is 58.6 Å². The maximum absolute atomic E-state index is 13.2. The Hall–Kier alpha value is -2.49. The topological polar surface area (TPSA) is 32.7 Å². The highest BCUT2D eigenvalue weighted by Gasteiger charge is 2.43. The van der Waals surface area contributed by atoms with Gasteiger partial charge in [-0.25, -0.2) is 4.39 Å². The van der Waals surface area contributed by atoms with Gasteiger partial charge in [0.25, 0.3) is 5.91 Å². The average Bonchev–Trinajstić information content (AvgIpc) is 3.23. The third-order valence-corrected chi connectivity index (χ3v) is 6.19. The minimum absolute atomic E-state index is 0.151. The molecule has 26 heavy (non-hydrogen) atoms. The molecule has 2 aromatic rings. The lowest BCUT2D eigenvalue weighted by Crippen LogP contribution is -2.46. The van der Waals surface area contributed by atoms with Gasteiger partial charge in [0.1, 0.15) is 5.82 Å². The van der Waals surface area contributed by atoms with Gasteiger partial charge in [0.2, 0.25) is 0 Å². The molecule has 5 rings (SSSR count). The van der Waals surface area contributed by atoms with Gasteiger partial charge in [0, 0.05) is 23.9 Å². The fraction of sp³-hybridized carbons (Fsp3) is 0.364. The van der Waals surface area contributed by atoms with Crippen molar-refractivity contribution in [2.75, 3.05) is 0 Å². The maximum Gasteiger partial charge on any atom is 0.254 e. The summed E-state index contributed by atoms with van der Waals surface area (Å²) in [7, 11) is 0. The SMILES string of the molecule is O=C(c1ccc2c(c1)C=NC2)N1[C@@H]2CC[C@H]1CC(c1ccc(F)cc1)C2. The largest absolute Gasteiger partial charge is 0.333 e. The first-order chi connectivity index (χ1) is 12.7. The van der Waals surface area contributed by atoms with Crippen molar-refractivity contribution in [3.05, 3.63) is 70.5 Å². The number of hydrogen-bond donors (Lipinski definition) is 0. The molecule has 3 aliphatic rings. The molecule has 3 nitrogen and oxygen atoms in total. The van der Waals surface area contributed by atoms with E-state index in [-0.39, 0.29) is 11.7 Å². The standard InChI is InChI=1S/C22H21FN2O/c23-19-5-3-14(4-6-19)17-10-20-7-8-21(11-17)25(20)22(26)15-1-2-16-12-24-13-18(16)9-15/h1-6,9,13,17,20-21H,7-8,10-12H2/t17?,20-,21+. The van der Waals surface area contributed by atoms with Crippen molar-refractivity contribution in [3.63, 3.8) is 0 Å². The molecule has 2 saturated heterocycles. The summed E-state index contributed by atoms with van der Waals surface area (Å²) < 4.78 is 13.2. The van der Waals surface area contributed by atoms with Crippen LogP contribution in [0.25, 0.3) is 0 Å². The second-order valence-electron chi connectivity index (χ2n) is 7.70. The highest BCUT2D eigenvalue weighted by Crippen LogP contribution is 2.43. The molecule has 2 fully saturated rings. The van der Waals surface area contributed by atoms with Gasteiger partial charge >= 0.3 is 0 Å². The molecule has 0 spiro atoms. The molecule has 3 atom stereocenters. The molecule has 0 N–H and O–H groups in total. The number of nitrogens with zero attached hydrogens (tertiary/aromatic N) is 2. The zero-order chi connectivity index (χ0) is 17.7. The minimum atomic E-state index is -0.190. The molecule has 2 aromatic carbocycles. The highest BCUT2D eigenvalue weighted by atomic mass is 19.1. The van der Waals surface area contributed by atoms with E-state index in [0.717, 1.165) is 43.4 Å². The highest BCUT2D eigenvalue weighted by molar-refractivity contribution is 5.97. The third kappa shape index (κ3) is 2.56. The smallest absolute Gasteiger partial charge is 0.254 e. The molecule has 0 aliphatic carbocycles. The van der Waals surface area contributed by atoms with Gasteiger partial charge in [-0.15, -0.1) is 0 Å². The van der Waals surface area contributed by atoms with Gasteiger partial charge < -0.3 is 4.90 Å². The average molecular weight is 348 g/mol. The molecule has 3 aliphatic heterocycles. The van der Waals surface area contributed by atoms with Gasteiger partial charge in [0.05, 0.1) is 6.54 Å². The van der Waals surface area contributed by atoms with Gasteiger partial charge in [-0.2, -0.15) is 0 Å². The van der Waals surface area contributed by atoms with Crippen molar-refractivity contribution in [3.8, 4) is 0 Å². The monoisotopic (exact) mass is 348 g/mol. The summed E-state index contributed by atoms with van der Waals surface area (Å²) in [5.41, 5.74) is 4.24. The van der Waals surface area contributed by atoms with Crippen molar-refractivity contribution >= 4 is 12.1 Å². The van der Waals surface area contributed by atoms with E-state index in [1.54, 1.807) is 12.1 Å². The number of benzene rings is 2. The first-order valence-corrected chi connectivity index (χ1v) is 9.40. The first kappa shape index (κ1) is 15.7. The summed E-state index contributed by atoms with van der Waals surface area (Å²) in [5.74, 6) is 0.381. The molecule has 1 unspecified atom stereocenters. The Bertz CT molecular complexity index is 876. The molecule has 0 aromatic heterocycles. The lowest BCUT2D eigenvalue weighted by Gasteiger charge is -2.39. The Kier molecular flexibility index (Phi) is 3.66. The van der Waals surface area contributed by atoms with E-state index in [2.05, 4.69) is 9.89 Å². The molecule has 132 valence electrons. The fourth-order valence-electron chi connectivity index (χ4n) is 4.90. The Morgan fingerprint density at radius 2 is 1.77 bits per heavy atom. The number of rotatable bonds is 2. The summed E-state index contributed by atoms with van der Waals surface area (Å²) in [6.07, 6.45) is 5.95. The van der Waals surface area contributed by atoms with Crippen molar-refractivity contribution in [1.82, 2.24) is 4.90 Å². The molecule has 3 heterocycles. The minimum Gasteiger partial charge on any atom is -0.333 e. The van der Waals surface area contributed by atoms with Crippen LogP contribution in [0, 0.1) is 5.82 Å². The summed E-state index contributed by atoms with van der Waals surface area (Å²) in [6, 6.07) is 13.4. The molecule has 1 amide bonds. The van der Waals surface area contributed by atoms with Crippen LogP contribution < -0.4 is 0 Å². The summed E-state index contributed by atoms with van der Waals surface area (Å²) >= 11 is 0. The second kappa shape index (κ2) is 6.04. The molecule has 2 bridgehead atoms. The van der Waals surface area contributed by atoms with Crippen LogP contribution in [0.2, 0.25) is 0 Å². The Morgan fingerprint density at radius 1 is 1.04 bits per heavy atom. The van der Waals surface area contributed by atoms with Crippen molar-refractivity contribution in [2.45, 2.75) is 50.2 Å². The lowest BCUT2D eigenvalue weighted by atomic mass is 9.84. The van der Waals surface area contributed by atoms with Crippen molar-refractivity contribution in [1.29, 1.82) is 0 Å². The van der Waals surface area contributed by atoms with E-state index in [4.69, 9.17) is 0 Å². The summed E-state index contributed by atoms with van der Waals surface area (Å²) in [4.78, 5) is 19.6. The third-order valence-electron chi connectivity index (χ3n) is 6.19. The number of halogens is 1. The lowest BCUT2D eigenvalue weighted by molar-refractivity contribution is 0.0571. The number of fused-ring (bicyclic) bond motifs is 3. The van der Waals surface area contributed by atoms with Crippen LogP contribution in [0.3, 0.4) is 0 Å². The number of piperidine rings is 1. The Morgan fingerprint density at radius 3 is 2.50 bits per heavy atom. The number of aliphatic imine (C=N–C) groups is 1. The van der Waals surface area contributed by atoms with Crippen LogP contribution in [0.4, 0.5) is 4.39 Å². The van der Waals surface area contributed by atoms with Crippen molar-refractivity contribution < 1.29 is 9.18 Å².